The Balaban J connectivity index is 2.21. The van der Waals surface area contributed by atoms with Gasteiger partial charge in [0.1, 0.15) is 27.8 Å². The number of amides is 1. The van der Waals surface area contributed by atoms with E-state index in [1.165, 1.54) is 23.5 Å². The van der Waals surface area contributed by atoms with Crippen molar-refractivity contribution in [2.75, 3.05) is 0 Å². The molecule has 2 aromatic rings. The van der Waals surface area contributed by atoms with Crippen LogP contribution in [-0.2, 0) is 6.61 Å². The molecule has 4 nitrogen and oxygen atoms in total. The minimum atomic E-state index is -0.808. The van der Waals surface area contributed by atoms with Crippen molar-refractivity contribution in [1.82, 2.24) is 4.98 Å². The Bertz CT molecular complexity index is 630. The zero-order valence-electron chi connectivity index (χ0n) is 9.94. The van der Waals surface area contributed by atoms with E-state index in [2.05, 4.69) is 20.9 Å². The van der Waals surface area contributed by atoms with Crippen molar-refractivity contribution < 1.29 is 13.9 Å². The third-order valence-corrected chi connectivity index (χ3v) is 4.02. The molecule has 1 aromatic heterocycles. The molecule has 2 N–H and O–H groups in total. The number of hydrogen-bond acceptors (Lipinski definition) is 4. The lowest BCUT2D eigenvalue weighted by atomic mass is 10.1. The summed E-state index contributed by atoms with van der Waals surface area (Å²) in [6.45, 7) is 1.84. The van der Waals surface area contributed by atoms with Gasteiger partial charge in [0.15, 0.2) is 0 Å². The van der Waals surface area contributed by atoms with E-state index in [0.29, 0.717) is 11.3 Å². The molecule has 7 heteroatoms. The first-order valence-electron chi connectivity index (χ1n) is 5.30. The predicted octanol–water partition coefficient (Wildman–Crippen LogP) is 3.03. The molecule has 0 saturated carbocycles. The summed E-state index contributed by atoms with van der Waals surface area (Å²) in [4.78, 5) is 15.4. The molecule has 0 unspecified atom stereocenters. The van der Waals surface area contributed by atoms with Crippen molar-refractivity contribution >= 4 is 33.2 Å². The van der Waals surface area contributed by atoms with E-state index in [1.54, 1.807) is 6.92 Å². The van der Waals surface area contributed by atoms with Crippen LogP contribution in [-0.4, -0.2) is 10.9 Å². The van der Waals surface area contributed by atoms with E-state index in [1.807, 2.05) is 5.38 Å². The molecular formula is C12H10BrFN2O2S. The van der Waals surface area contributed by atoms with Gasteiger partial charge in [-0.05, 0) is 35.0 Å². The van der Waals surface area contributed by atoms with Crippen molar-refractivity contribution in [2.24, 2.45) is 5.73 Å². The fourth-order valence-electron chi connectivity index (χ4n) is 1.61. The Morgan fingerprint density at radius 2 is 2.32 bits per heavy atom. The zero-order valence-corrected chi connectivity index (χ0v) is 12.3. The van der Waals surface area contributed by atoms with Gasteiger partial charge in [-0.25, -0.2) is 9.37 Å². The van der Waals surface area contributed by atoms with Gasteiger partial charge in [0.05, 0.1) is 5.56 Å². The van der Waals surface area contributed by atoms with E-state index in [4.69, 9.17) is 10.5 Å². The summed E-state index contributed by atoms with van der Waals surface area (Å²) < 4.78 is 19.8. The Morgan fingerprint density at radius 1 is 1.58 bits per heavy atom. The molecule has 0 aliphatic carbocycles. The van der Waals surface area contributed by atoms with Gasteiger partial charge in [0.25, 0.3) is 5.91 Å². The van der Waals surface area contributed by atoms with E-state index >= 15 is 0 Å². The molecule has 100 valence electrons. The molecule has 0 fully saturated rings. The molecule has 19 heavy (non-hydrogen) atoms. The van der Waals surface area contributed by atoms with Gasteiger partial charge in [-0.3, -0.25) is 4.79 Å². The Kier molecular flexibility index (Phi) is 4.16. The first-order chi connectivity index (χ1) is 8.99. The molecule has 0 saturated heterocycles. The molecule has 2 rings (SSSR count). The highest BCUT2D eigenvalue weighted by Crippen LogP contribution is 2.25. The fourth-order valence-corrected chi connectivity index (χ4v) is 2.79. The highest BCUT2D eigenvalue weighted by molar-refractivity contribution is 9.10. The van der Waals surface area contributed by atoms with E-state index < -0.39 is 11.7 Å². The van der Waals surface area contributed by atoms with Crippen LogP contribution in [0.4, 0.5) is 4.39 Å². The summed E-state index contributed by atoms with van der Waals surface area (Å²) in [7, 11) is 0. The van der Waals surface area contributed by atoms with Crippen LogP contribution in [0.15, 0.2) is 22.1 Å². The maximum Gasteiger partial charge on any atom is 0.252 e. The summed E-state index contributed by atoms with van der Waals surface area (Å²) in [6, 6.07) is 2.64. The second-order valence-electron chi connectivity index (χ2n) is 3.76. The first-order valence-corrected chi connectivity index (χ1v) is 6.98. The van der Waals surface area contributed by atoms with Crippen molar-refractivity contribution in [2.45, 2.75) is 13.5 Å². The number of hydrogen-bond donors (Lipinski definition) is 1. The SMILES string of the molecule is Cc1c(OCc2nc(Br)cs2)ccc(F)c1C(N)=O. The maximum atomic E-state index is 13.5. The van der Waals surface area contributed by atoms with Crippen molar-refractivity contribution in [1.29, 1.82) is 0 Å². The van der Waals surface area contributed by atoms with Crippen LogP contribution < -0.4 is 10.5 Å². The zero-order chi connectivity index (χ0) is 14.0. The van der Waals surface area contributed by atoms with Gasteiger partial charge in [0.2, 0.25) is 0 Å². The number of nitrogens with zero attached hydrogens (tertiary/aromatic N) is 1. The topological polar surface area (TPSA) is 65.2 Å². The van der Waals surface area contributed by atoms with Gasteiger partial charge in [0, 0.05) is 10.9 Å². The minimum absolute atomic E-state index is 0.141. The number of rotatable bonds is 4. The number of aromatic nitrogens is 1. The summed E-state index contributed by atoms with van der Waals surface area (Å²) in [5.41, 5.74) is 5.39. The Labute approximate surface area is 121 Å². The van der Waals surface area contributed by atoms with Gasteiger partial charge in [-0.2, -0.15) is 0 Å². The second-order valence-corrected chi connectivity index (χ2v) is 5.52. The lowest BCUT2D eigenvalue weighted by Crippen LogP contribution is -2.15. The maximum absolute atomic E-state index is 13.5. The summed E-state index contributed by atoms with van der Waals surface area (Å²) in [5, 5.41) is 2.61. The fraction of sp³-hybridized carbons (Fsp3) is 0.167. The summed E-state index contributed by atoms with van der Waals surface area (Å²) in [5.74, 6) is -1.03. The lowest BCUT2D eigenvalue weighted by molar-refractivity contribution is 0.0995. The minimum Gasteiger partial charge on any atom is -0.486 e. The number of thiazole rings is 1. The van der Waals surface area contributed by atoms with Crippen LogP contribution in [0.5, 0.6) is 5.75 Å². The van der Waals surface area contributed by atoms with Crippen LogP contribution in [0.3, 0.4) is 0 Å². The average Bonchev–Trinajstić information content (AvgIpc) is 2.74. The average molecular weight is 345 g/mol. The molecule has 1 amide bonds. The van der Waals surface area contributed by atoms with Gasteiger partial charge < -0.3 is 10.5 Å². The van der Waals surface area contributed by atoms with Crippen molar-refractivity contribution in [3.8, 4) is 5.75 Å². The largest absolute Gasteiger partial charge is 0.486 e. The molecule has 0 atom stereocenters. The monoisotopic (exact) mass is 344 g/mol. The standard InChI is InChI=1S/C12H10BrFN2O2S/c1-6-8(3-2-7(14)11(6)12(15)17)18-4-10-16-9(13)5-19-10/h2-3,5H,4H2,1H3,(H2,15,17). The number of ether oxygens (including phenoxy) is 1. The third kappa shape index (κ3) is 3.10. The van der Waals surface area contributed by atoms with E-state index in [9.17, 15) is 9.18 Å². The summed E-state index contributed by atoms with van der Waals surface area (Å²) >= 11 is 4.69. The number of halogens is 2. The molecule has 1 aromatic carbocycles. The van der Waals surface area contributed by atoms with Crippen LogP contribution in [0, 0.1) is 12.7 Å². The van der Waals surface area contributed by atoms with Crippen molar-refractivity contribution in [3.63, 3.8) is 0 Å². The highest BCUT2D eigenvalue weighted by Gasteiger charge is 2.15. The predicted molar refractivity (Wildman–Crippen MR) is 73.8 cm³/mol. The molecule has 0 aliphatic rings. The normalized spacial score (nSPS) is 10.5. The molecule has 0 spiro atoms. The van der Waals surface area contributed by atoms with Crippen LogP contribution in [0.1, 0.15) is 20.9 Å². The Hall–Kier alpha value is -1.47. The van der Waals surface area contributed by atoms with E-state index in [-0.39, 0.29) is 12.2 Å². The van der Waals surface area contributed by atoms with Crippen LogP contribution in [0.25, 0.3) is 0 Å². The second kappa shape index (κ2) is 5.66. The molecular weight excluding hydrogens is 335 g/mol. The first kappa shape index (κ1) is 14.0. The third-order valence-electron chi connectivity index (χ3n) is 2.49. The number of primary amides is 1. The lowest BCUT2D eigenvalue weighted by Gasteiger charge is -2.10. The van der Waals surface area contributed by atoms with Crippen molar-refractivity contribution in [3.05, 3.63) is 44.1 Å². The smallest absolute Gasteiger partial charge is 0.252 e. The quantitative estimate of drug-likeness (QED) is 0.926. The summed E-state index contributed by atoms with van der Waals surface area (Å²) in [6.07, 6.45) is 0. The highest BCUT2D eigenvalue weighted by atomic mass is 79.9. The number of carbonyl (C=O) groups is 1. The molecule has 0 bridgehead atoms. The molecule has 1 heterocycles. The van der Waals surface area contributed by atoms with Gasteiger partial charge in [-0.1, -0.05) is 0 Å². The molecule has 0 radical (unpaired) electrons. The van der Waals surface area contributed by atoms with Gasteiger partial charge >= 0.3 is 0 Å². The van der Waals surface area contributed by atoms with Crippen LogP contribution >= 0.6 is 27.3 Å². The Morgan fingerprint density at radius 3 is 2.89 bits per heavy atom. The van der Waals surface area contributed by atoms with Crippen LogP contribution in [0.2, 0.25) is 0 Å². The number of benzene rings is 1. The van der Waals surface area contributed by atoms with Gasteiger partial charge in [-0.15, -0.1) is 11.3 Å². The van der Waals surface area contributed by atoms with E-state index in [0.717, 1.165) is 9.61 Å². The number of carbonyl (C=O) groups excluding carboxylic acids is 1. The number of nitrogens with two attached hydrogens (primary N) is 1. The molecule has 0 aliphatic heterocycles.